The van der Waals surface area contributed by atoms with Crippen molar-refractivity contribution in [3.05, 3.63) is 17.5 Å². The van der Waals surface area contributed by atoms with Crippen molar-refractivity contribution in [2.45, 2.75) is 13.3 Å². The van der Waals surface area contributed by atoms with Gasteiger partial charge < -0.3 is 16.2 Å². The van der Waals surface area contributed by atoms with Crippen molar-refractivity contribution in [2.75, 3.05) is 18.1 Å². The fourth-order valence-electron chi connectivity index (χ4n) is 1.14. The summed E-state index contributed by atoms with van der Waals surface area (Å²) >= 11 is 0. The molecule has 1 rings (SSSR count). The maximum Gasteiger partial charge on any atom is 0.357 e. The van der Waals surface area contributed by atoms with Gasteiger partial charge in [-0.05, 0) is 6.92 Å². The highest BCUT2D eigenvalue weighted by molar-refractivity contribution is 5.92. The van der Waals surface area contributed by atoms with Gasteiger partial charge in [-0.1, -0.05) is 0 Å². The molecule has 16 heavy (non-hydrogen) atoms. The van der Waals surface area contributed by atoms with Crippen LogP contribution in [0.4, 0.5) is 20.2 Å². The van der Waals surface area contributed by atoms with Crippen molar-refractivity contribution < 1.29 is 18.3 Å². The Morgan fingerprint density at radius 2 is 2.19 bits per heavy atom. The minimum Gasteiger partial charge on any atom is -0.461 e. The molecule has 0 amide bonds. The van der Waals surface area contributed by atoms with Crippen LogP contribution in [0.15, 0.2) is 6.20 Å². The van der Waals surface area contributed by atoms with Gasteiger partial charge >= 0.3 is 5.97 Å². The van der Waals surface area contributed by atoms with Crippen LogP contribution in [0.3, 0.4) is 0 Å². The summed E-state index contributed by atoms with van der Waals surface area (Å²) in [6.45, 7) is 1.62. The van der Waals surface area contributed by atoms with Gasteiger partial charge in [-0.2, -0.15) is 0 Å². The summed E-state index contributed by atoms with van der Waals surface area (Å²) in [6, 6.07) is 0. The summed E-state index contributed by atoms with van der Waals surface area (Å²) in [5.41, 5.74) is 9.08. The summed E-state index contributed by atoms with van der Waals surface area (Å²) in [5, 5.41) is 0. The van der Waals surface area contributed by atoms with E-state index in [1.54, 1.807) is 6.92 Å². The number of nitrogens with two attached hydrogens (primary N) is 2. The second-order valence-corrected chi connectivity index (χ2v) is 2.91. The van der Waals surface area contributed by atoms with Gasteiger partial charge in [0.25, 0.3) is 6.43 Å². The number of anilines is 2. The van der Waals surface area contributed by atoms with Crippen molar-refractivity contribution in [3.8, 4) is 0 Å². The van der Waals surface area contributed by atoms with Crippen LogP contribution >= 0.6 is 0 Å². The van der Waals surface area contributed by atoms with Gasteiger partial charge in [-0.25, -0.2) is 18.6 Å². The number of rotatable bonds is 3. The molecule has 0 aliphatic rings. The Hall–Kier alpha value is -1.92. The van der Waals surface area contributed by atoms with Gasteiger partial charge in [0.2, 0.25) is 0 Å². The molecule has 0 atom stereocenters. The number of carbonyl (C=O) groups is 1. The molecule has 1 aromatic rings. The first kappa shape index (κ1) is 12.2. The SMILES string of the molecule is CCOC(=O)c1ncc(N)c(N)c1C(F)F. The van der Waals surface area contributed by atoms with Crippen LogP contribution in [0.25, 0.3) is 0 Å². The molecule has 7 heteroatoms. The predicted molar refractivity (Wildman–Crippen MR) is 54.0 cm³/mol. The van der Waals surface area contributed by atoms with Crippen LogP contribution in [0.5, 0.6) is 0 Å². The molecule has 0 saturated carbocycles. The van der Waals surface area contributed by atoms with Gasteiger partial charge in [0.1, 0.15) is 0 Å². The van der Waals surface area contributed by atoms with E-state index in [4.69, 9.17) is 11.5 Å². The monoisotopic (exact) mass is 231 g/mol. The van der Waals surface area contributed by atoms with E-state index in [0.29, 0.717) is 0 Å². The zero-order valence-corrected chi connectivity index (χ0v) is 8.54. The number of carbonyl (C=O) groups excluding carboxylic acids is 1. The molecule has 0 unspecified atom stereocenters. The van der Waals surface area contributed by atoms with Crippen molar-refractivity contribution in [2.24, 2.45) is 0 Å². The number of hydrogen-bond donors (Lipinski definition) is 2. The molecule has 0 bridgehead atoms. The molecule has 88 valence electrons. The maximum absolute atomic E-state index is 12.7. The first-order valence-corrected chi connectivity index (χ1v) is 4.48. The average molecular weight is 231 g/mol. The lowest BCUT2D eigenvalue weighted by molar-refractivity contribution is 0.0508. The van der Waals surface area contributed by atoms with Crippen molar-refractivity contribution in [3.63, 3.8) is 0 Å². The molecule has 1 heterocycles. The molecule has 0 aromatic carbocycles. The lowest BCUT2D eigenvalue weighted by Gasteiger charge is -2.11. The second kappa shape index (κ2) is 4.73. The van der Waals surface area contributed by atoms with Crippen molar-refractivity contribution in [1.82, 2.24) is 4.98 Å². The number of nitrogen functional groups attached to an aromatic ring is 2. The highest BCUT2D eigenvalue weighted by atomic mass is 19.3. The quantitative estimate of drug-likeness (QED) is 0.766. The molecule has 0 spiro atoms. The molecule has 0 radical (unpaired) electrons. The van der Waals surface area contributed by atoms with E-state index >= 15 is 0 Å². The number of halogens is 2. The van der Waals surface area contributed by atoms with Crippen LogP contribution in [-0.4, -0.2) is 17.6 Å². The maximum atomic E-state index is 12.7. The normalized spacial score (nSPS) is 10.5. The Kier molecular flexibility index (Phi) is 3.60. The molecule has 0 aliphatic heterocycles. The van der Waals surface area contributed by atoms with Crippen LogP contribution in [-0.2, 0) is 4.74 Å². The summed E-state index contributed by atoms with van der Waals surface area (Å²) in [5.74, 6) is -0.940. The lowest BCUT2D eigenvalue weighted by atomic mass is 10.1. The fraction of sp³-hybridized carbons (Fsp3) is 0.333. The Labute approximate surface area is 90.4 Å². The molecular formula is C9H11F2N3O2. The molecular weight excluding hydrogens is 220 g/mol. The number of hydrogen-bond acceptors (Lipinski definition) is 5. The number of aromatic nitrogens is 1. The Balaban J connectivity index is 3.28. The van der Waals surface area contributed by atoms with E-state index in [9.17, 15) is 13.6 Å². The molecule has 5 nitrogen and oxygen atoms in total. The zero-order chi connectivity index (χ0) is 12.3. The highest BCUT2D eigenvalue weighted by Gasteiger charge is 2.25. The van der Waals surface area contributed by atoms with Gasteiger partial charge in [0.05, 0.1) is 29.7 Å². The van der Waals surface area contributed by atoms with Crippen LogP contribution < -0.4 is 11.5 Å². The summed E-state index contributed by atoms with van der Waals surface area (Å²) < 4.78 is 30.0. The number of alkyl halides is 2. The van der Waals surface area contributed by atoms with E-state index in [1.807, 2.05) is 0 Å². The van der Waals surface area contributed by atoms with E-state index < -0.39 is 23.7 Å². The minimum absolute atomic E-state index is 0.0630. The second-order valence-electron chi connectivity index (χ2n) is 2.91. The highest BCUT2D eigenvalue weighted by Crippen LogP contribution is 2.31. The van der Waals surface area contributed by atoms with Crippen LogP contribution in [0.2, 0.25) is 0 Å². The summed E-state index contributed by atoms with van der Waals surface area (Å²) in [4.78, 5) is 14.8. The first-order chi connectivity index (χ1) is 7.49. The Bertz CT molecular complexity index is 410. The first-order valence-electron chi connectivity index (χ1n) is 4.48. The van der Waals surface area contributed by atoms with E-state index in [2.05, 4.69) is 9.72 Å². The van der Waals surface area contributed by atoms with Gasteiger partial charge in [0, 0.05) is 0 Å². The van der Waals surface area contributed by atoms with Crippen molar-refractivity contribution >= 4 is 17.3 Å². The largest absolute Gasteiger partial charge is 0.461 e. The van der Waals surface area contributed by atoms with E-state index in [1.165, 1.54) is 0 Å². The number of esters is 1. The summed E-state index contributed by atoms with van der Waals surface area (Å²) in [7, 11) is 0. The smallest absolute Gasteiger partial charge is 0.357 e. The summed E-state index contributed by atoms with van der Waals surface area (Å²) in [6.07, 6.45) is -1.89. The van der Waals surface area contributed by atoms with Crippen molar-refractivity contribution in [1.29, 1.82) is 0 Å². The van der Waals surface area contributed by atoms with Gasteiger partial charge in [0.15, 0.2) is 5.69 Å². The minimum atomic E-state index is -2.93. The molecule has 0 aliphatic carbocycles. The average Bonchev–Trinajstić information content (AvgIpc) is 2.21. The van der Waals surface area contributed by atoms with E-state index in [0.717, 1.165) is 6.20 Å². The number of pyridine rings is 1. The molecule has 0 fully saturated rings. The third-order valence-electron chi connectivity index (χ3n) is 1.88. The zero-order valence-electron chi connectivity index (χ0n) is 8.54. The molecule has 4 N–H and O–H groups in total. The number of ether oxygens (including phenoxy) is 1. The molecule has 0 saturated heterocycles. The third-order valence-corrected chi connectivity index (χ3v) is 1.88. The van der Waals surface area contributed by atoms with Crippen LogP contribution in [0.1, 0.15) is 29.4 Å². The fourth-order valence-corrected chi connectivity index (χ4v) is 1.14. The standard InChI is InChI=1S/C9H11F2N3O2/c1-2-16-9(15)7-5(8(10)11)6(13)4(12)3-14-7/h3,8H,2,12H2,1H3,(H2,13,14). The topological polar surface area (TPSA) is 91.2 Å². The van der Waals surface area contributed by atoms with Crippen LogP contribution in [0, 0.1) is 0 Å². The van der Waals surface area contributed by atoms with Gasteiger partial charge in [-0.15, -0.1) is 0 Å². The van der Waals surface area contributed by atoms with Gasteiger partial charge in [-0.3, -0.25) is 0 Å². The Morgan fingerprint density at radius 1 is 1.56 bits per heavy atom. The lowest BCUT2D eigenvalue weighted by Crippen LogP contribution is -2.14. The number of nitrogens with zero attached hydrogens (tertiary/aromatic N) is 1. The third kappa shape index (κ3) is 2.18. The predicted octanol–water partition coefficient (Wildman–Crippen LogP) is 1.36. The Morgan fingerprint density at radius 3 is 2.69 bits per heavy atom. The molecule has 1 aromatic heterocycles. The van der Waals surface area contributed by atoms with E-state index in [-0.39, 0.29) is 18.0 Å².